The van der Waals surface area contributed by atoms with E-state index < -0.39 is 18.1 Å². The van der Waals surface area contributed by atoms with E-state index in [1.165, 1.54) is 12.3 Å². The van der Waals surface area contributed by atoms with Crippen molar-refractivity contribution >= 4 is 5.91 Å². The molecule has 3 rings (SSSR count). The van der Waals surface area contributed by atoms with Crippen LogP contribution in [0.25, 0.3) is 0 Å². The number of benzene rings is 1. The largest absolute Gasteiger partial charge is 0.390 e. The first-order chi connectivity index (χ1) is 10.1. The van der Waals surface area contributed by atoms with Gasteiger partial charge in [0.2, 0.25) is 0 Å². The summed E-state index contributed by atoms with van der Waals surface area (Å²) in [7, 11) is 0. The van der Waals surface area contributed by atoms with E-state index in [0.29, 0.717) is 12.1 Å². The molecule has 3 N–H and O–H groups in total. The predicted molar refractivity (Wildman–Crippen MR) is 78.2 cm³/mol. The molecule has 5 nitrogen and oxygen atoms in total. The van der Waals surface area contributed by atoms with Gasteiger partial charge in [0.05, 0.1) is 12.1 Å². The second kappa shape index (κ2) is 5.18. The van der Waals surface area contributed by atoms with Crippen LogP contribution in [0.3, 0.4) is 0 Å². The average molecular weight is 284 g/mol. The third-order valence-corrected chi connectivity index (χ3v) is 3.79. The summed E-state index contributed by atoms with van der Waals surface area (Å²) >= 11 is 0. The van der Waals surface area contributed by atoms with Gasteiger partial charge in [-0.2, -0.15) is 0 Å². The van der Waals surface area contributed by atoms with Crippen molar-refractivity contribution in [1.29, 1.82) is 0 Å². The molecule has 1 amide bonds. The number of nitrogens with one attached hydrogen (secondary N) is 2. The molecule has 2 aromatic rings. The van der Waals surface area contributed by atoms with Crippen LogP contribution in [0.15, 0.2) is 41.3 Å². The summed E-state index contributed by atoms with van der Waals surface area (Å²) in [4.78, 5) is 26.9. The lowest BCUT2D eigenvalue weighted by Crippen LogP contribution is -2.36. The number of hydrogen-bond acceptors (Lipinski definition) is 3. The van der Waals surface area contributed by atoms with Gasteiger partial charge in [0.15, 0.2) is 5.43 Å². The number of amides is 1. The Labute approximate surface area is 121 Å². The fourth-order valence-electron chi connectivity index (χ4n) is 2.72. The van der Waals surface area contributed by atoms with Gasteiger partial charge in [-0.15, -0.1) is 0 Å². The molecule has 0 bridgehead atoms. The van der Waals surface area contributed by atoms with E-state index in [4.69, 9.17) is 0 Å². The summed E-state index contributed by atoms with van der Waals surface area (Å²) in [6.07, 6.45) is 1.24. The summed E-state index contributed by atoms with van der Waals surface area (Å²) in [6, 6.07) is 8.50. The summed E-state index contributed by atoms with van der Waals surface area (Å²) in [6.45, 7) is 1.75. The van der Waals surface area contributed by atoms with Crippen LogP contribution in [-0.2, 0) is 6.42 Å². The molecule has 0 saturated heterocycles. The second-order valence-corrected chi connectivity index (χ2v) is 5.32. The molecule has 0 fully saturated rings. The number of fused-ring (bicyclic) bond motifs is 1. The van der Waals surface area contributed by atoms with Gasteiger partial charge in [-0.05, 0) is 18.1 Å². The Bertz CT molecular complexity index is 751. The molecule has 0 aliphatic heterocycles. The average Bonchev–Trinajstić information content (AvgIpc) is 2.75. The highest BCUT2D eigenvalue weighted by molar-refractivity contribution is 5.94. The first-order valence-corrected chi connectivity index (χ1v) is 6.82. The van der Waals surface area contributed by atoms with E-state index in [1.807, 2.05) is 24.3 Å². The number of hydrogen-bond donors (Lipinski definition) is 3. The highest BCUT2D eigenvalue weighted by atomic mass is 16.3. The predicted octanol–water partition coefficient (Wildman–Crippen LogP) is 1.07. The van der Waals surface area contributed by atoms with Crippen molar-refractivity contribution in [2.75, 3.05) is 0 Å². The van der Waals surface area contributed by atoms with Crippen LogP contribution in [0.1, 0.15) is 33.2 Å². The monoisotopic (exact) mass is 284 g/mol. The Balaban J connectivity index is 1.87. The van der Waals surface area contributed by atoms with Crippen LogP contribution in [0.2, 0.25) is 0 Å². The normalized spacial score (nSPS) is 20.1. The Morgan fingerprint density at radius 2 is 2.14 bits per heavy atom. The minimum atomic E-state index is -0.670. The van der Waals surface area contributed by atoms with Crippen molar-refractivity contribution in [3.05, 3.63) is 69.1 Å². The maximum Gasteiger partial charge on any atom is 0.257 e. The maximum absolute atomic E-state index is 12.2. The molecule has 5 heteroatoms. The molecule has 1 aliphatic carbocycles. The van der Waals surface area contributed by atoms with Crippen LogP contribution >= 0.6 is 0 Å². The van der Waals surface area contributed by atoms with Crippen molar-refractivity contribution in [2.45, 2.75) is 25.5 Å². The molecule has 1 aliphatic rings. The van der Waals surface area contributed by atoms with Crippen molar-refractivity contribution in [3.8, 4) is 0 Å². The molecule has 108 valence electrons. The van der Waals surface area contributed by atoms with Crippen molar-refractivity contribution < 1.29 is 9.90 Å². The van der Waals surface area contributed by atoms with Gasteiger partial charge in [0, 0.05) is 24.4 Å². The highest BCUT2D eigenvalue weighted by Crippen LogP contribution is 2.31. The van der Waals surface area contributed by atoms with Crippen molar-refractivity contribution in [3.63, 3.8) is 0 Å². The van der Waals surface area contributed by atoms with Gasteiger partial charge in [-0.25, -0.2) is 0 Å². The standard InChI is InChI=1S/C16H16N2O3/c1-9-6-13(19)12(8-17-9)16(21)18-15-11-5-3-2-4-10(11)7-14(15)20/h2-6,8,14-15,20H,7H2,1H3,(H,17,19)(H,18,21)/t14-,15+/m1/s1. The van der Waals surface area contributed by atoms with E-state index in [-0.39, 0.29) is 11.0 Å². The first-order valence-electron chi connectivity index (χ1n) is 6.82. The maximum atomic E-state index is 12.2. The minimum Gasteiger partial charge on any atom is -0.390 e. The van der Waals surface area contributed by atoms with E-state index in [1.54, 1.807) is 6.92 Å². The van der Waals surface area contributed by atoms with Crippen LogP contribution in [0, 0.1) is 6.92 Å². The van der Waals surface area contributed by atoms with Crippen molar-refractivity contribution in [2.24, 2.45) is 0 Å². The third kappa shape index (κ3) is 2.48. The summed E-state index contributed by atoms with van der Waals surface area (Å²) in [5.41, 5.74) is 2.35. The number of aliphatic hydroxyl groups excluding tert-OH is 1. The molecule has 0 spiro atoms. The number of rotatable bonds is 2. The fraction of sp³-hybridized carbons (Fsp3) is 0.250. The number of H-pyrrole nitrogens is 1. The van der Waals surface area contributed by atoms with Gasteiger partial charge in [-0.1, -0.05) is 24.3 Å². The van der Waals surface area contributed by atoms with Gasteiger partial charge in [-0.3, -0.25) is 9.59 Å². The number of aromatic nitrogens is 1. The number of carbonyl (C=O) groups excluding carboxylic acids is 1. The van der Waals surface area contributed by atoms with Crippen LogP contribution < -0.4 is 10.7 Å². The van der Waals surface area contributed by atoms with Gasteiger partial charge < -0.3 is 15.4 Å². The summed E-state index contributed by atoms with van der Waals surface area (Å²) < 4.78 is 0. The summed E-state index contributed by atoms with van der Waals surface area (Å²) in [5.74, 6) is -0.475. The zero-order valence-corrected chi connectivity index (χ0v) is 11.6. The number of carbonyl (C=O) groups is 1. The van der Waals surface area contributed by atoms with E-state index in [9.17, 15) is 14.7 Å². The Morgan fingerprint density at radius 3 is 2.90 bits per heavy atom. The van der Waals surface area contributed by atoms with Crippen molar-refractivity contribution in [1.82, 2.24) is 10.3 Å². The molecule has 0 radical (unpaired) electrons. The molecule has 0 saturated carbocycles. The lowest BCUT2D eigenvalue weighted by atomic mass is 10.1. The lowest BCUT2D eigenvalue weighted by molar-refractivity contribution is 0.0857. The van der Waals surface area contributed by atoms with Gasteiger partial charge >= 0.3 is 0 Å². The van der Waals surface area contributed by atoms with E-state index in [2.05, 4.69) is 10.3 Å². The summed E-state index contributed by atoms with van der Waals surface area (Å²) in [5, 5.41) is 12.9. The molecule has 1 aromatic heterocycles. The number of aliphatic hydroxyl groups is 1. The molecule has 0 unspecified atom stereocenters. The smallest absolute Gasteiger partial charge is 0.257 e. The lowest BCUT2D eigenvalue weighted by Gasteiger charge is -2.17. The molecule has 1 aromatic carbocycles. The molecular formula is C16H16N2O3. The first kappa shape index (κ1) is 13.6. The topological polar surface area (TPSA) is 82.2 Å². The zero-order chi connectivity index (χ0) is 15.0. The SMILES string of the molecule is Cc1cc(=O)c(C(=O)N[C@H]2c3ccccc3C[C@H]2O)c[nH]1. The molecule has 21 heavy (non-hydrogen) atoms. The Kier molecular flexibility index (Phi) is 3.35. The Hall–Kier alpha value is -2.40. The van der Waals surface area contributed by atoms with E-state index >= 15 is 0 Å². The van der Waals surface area contributed by atoms with Gasteiger partial charge in [0.25, 0.3) is 5.91 Å². The highest BCUT2D eigenvalue weighted by Gasteiger charge is 2.32. The number of pyridine rings is 1. The number of aromatic amines is 1. The molecule has 2 atom stereocenters. The van der Waals surface area contributed by atoms with Crippen LogP contribution in [0.4, 0.5) is 0 Å². The van der Waals surface area contributed by atoms with Crippen LogP contribution in [0.5, 0.6) is 0 Å². The number of aryl methyl sites for hydroxylation is 1. The zero-order valence-electron chi connectivity index (χ0n) is 11.6. The van der Waals surface area contributed by atoms with Crippen LogP contribution in [-0.4, -0.2) is 22.1 Å². The third-order valence-electron chi connectivity index (χ3n) is 3.79. The molecule has 1 heterocycles. The molecular weight excluding hydrogens is 268 g/mol. The van der Waals surface area contributed by atoms with E-state index in [0.717, 1.165) is 11.1 Å². The minimum absolute atomic E-state index is 0.0529. The Morgan fingerprint density at radius 1 is 1.38 bits per heavy atom. The quantitative estimate of drug-likeness (QED) is 0.771. The second-order valence-electron chi connectivity index (χ2n) is 5.32. The van der Waals surface area contributed by atoms with Gasteiger partial charge in [0.1, 0.15) is 5.56 Å². The fourth-order valence-corrected chi connectivity index (χ4v) is 2.72.